The summed E-state index contributed by atoms with van der Waals surface area (Å²) in [5.74, 6) is -1.52. The Labute approximate surface area is 173 Å². The molecule has 1 rings (SSSR count). The van der Waals surface area contributed by atoms with Crippen molar-refractivity contribution in [3.05, 3.63) is 12.1 Å². The van der Waals surface area contributed by atoms with Gasteiger partial charge in [0, 0.05) is 18.6 Å². The van der Waals surface area contributed by atoms with Crippen LogP contribution < -0.4 is 0 Å². The maximum atomic E-state index is 11.6. The van der Waals surface area contributed by atoms with Crippen molar-refractivity contribution in [1.82, 2.24) is 4.57 Å². The van der Waals surface area contributed by atoms with Gasteiger partial charge >= 0.3 is 5.97 Å². The fraction of sp³-hybridized carbons (Fsp3) is 0.750. The van der Waals surface area contributed by atoms with Crippen LogP contribution in [0.3, 0.4) is 0 Å². The molecule has 1 heterocycles. The molecule has 1 aromatic rings. The van der Waals surface area contributed by atoms with Gasteiger partial charge in [0.1, 0.15) is 0 Å². The number of carboxylic acids is 1. The van der Waals surface area contributed by atoms with Crippen molar-refractivity contribution in [3.63, 3.8) is 0 Å². The highest BCUT2D eigenvalue weighted by Gasteiger charge is 2.28. The maximum Gasteiger partial charge on any atom is 0.303 e. The van der Waals surface area contributed by atoms with Crippen LogP contribution in [0.1, 0.15) is 95.3 Å². The predicted molar refractivity (Wildman–Crippen MR) is 111 cm³/mol. The lowest BCUT2D eigenvalue weighted by molar-refractivity contribution is -0.137. The van der Waals surface area contributed by atoms with E-state index < -0.39 is 33.2 Å². The van der Waals surface area contributed by atoms with Crippen LogP contribution in [0.5, 0.6) is 11.8 Å². The summed E-state index contributed by atoms with van der Waals surface area (Å²) in [4.78, 5) is 10.4. The summed E-state index contributed by atoms with van der Waals surface area (Å²) in [6, 6.07) is 2.37. The van der Waals surface area contributed by atoms with Crippen LogP contribution in [-0.4, -0.2) is 38.8 Å². The molecule has 0 spiro atoms. The fourth-order valence-corrected chi connectivity index (χ4v) is 4.44. The van der Waals surface area contributed by atoms with E-state index in [1.165, 1.54) is 25.0 Å². The summed E-state index contributed by atoms with van der Waals surface area (Å²) in [6.45, 7) is 0. The van der Waals surface area contributed by atoms with Crippen LogP contribution in [0.25, 0.3) is 0 Å². The second-order valence-corrected chi connectivity index (χ2v) is 9.14. The Hall–Kier alpha value is -1.74. The number of carbonyl (C=O) groups is 1. The lowest BCUT2D eigenvalue weighted by Crippen LogP contribution is -2.18. The average molecular weight is 434 g/mol. The second kappa shape index (κ2) is 13.5. The zero-order valence-electron chi connectivity index (χ0n) is 17.0. The molecule has 0 radical (unpaired) electrons. The second-order valence-electron chi connectivity index (χ2n) is 7.56. The summed E-state index contributed by atoms with van der Waals surface area (Å²) in [5.41, 5.74) is 0. The summed E-state index contributed by atoms with van der Waals surface area (Å²) in [5, 5.41) is 26.6. The molecule has 0 aromatic carbocycles. The van der Waals surface area contributed by atoms with Crippen molar-refractivity contribution in [2.75, 3.05) is 0 Å². The minimum atomic E-state index is -4.44. The molecule has 0 aliphatic heterocycles. The molecule has 9 heteroatoms. The minimum absolute atomic E-state index is 0.122. The van der Waals surface area contributed by atoms with E-state index in [9.17, 15) is 28.0 Å². The van der Waals surface area contributed by atoms with Gasteiger partial charge in [-0.2, -0.15) is 8.42 Å². The Morgan fingerprint density at radius 3 is 1.55 bits per heavy atom. The molecule has 8 nitrogen and oxygen atoms in total. The standard InChI is InChI=1S/C20H35NO7S/c22-17-15-16-18(23)21(17)19(29(26,27)28)13-11-9-7-5-3-1-2-4-6-8-10-12-14-20(24)25/h15-16,19,22-23H,1-14H2,(H,24,25)(H,26,27,28). The van der Waals surface area contributed by atoms with Crippen molar-refractivity contribution in [3.8, 4) is 11.8 Å². The van der Waals surface area contributed by atoms with Crippen LogP contribution in [0, 0.1) is 0 Å². The third-order valence-corrected chi connectivity index (χ3v) is 6.23. The zero-order valence-corrected chi connectivity index (χ0v) is 17.8. The number of hydrogen-bond donors (Lipinski definition) is 4. The first-order valence-electron chi connectivity index (χ1n) is 10.5. The van der Waals surface area contributed by atoms with E-state index in [2.05, 4.69) is 0 Å². The Balaban J connectivity index is 2.08. The summed E-state index contributed by atoms with van der Waals surface area (Å²) >= 11 is 0. The highest BCUT2D eigenvalue weighted by Crippen LogP contribution is 2.32. The number of aromatic nitrogens is 1. The molecule has 0 aliphatic carbocycles. The molecule has 0 saturated heterocycles. The molecule has 29 heavy (non-hydrogen) atoms. The molecular formula is C20H35NO7S. The molecule has 0 amide bonds. The first-order valence-corrected chi connectivity index (χ1v) is 12.0. The van der Waals surface area contributed by atoms with Gasteiger partial charge in [-0.25, -0.2) is 0 Å². The van der Waals surface area contributed by atoms with Crippen molar-refractivity contribution in [2.24, 2.45) is 0 Å². The largest absolute Gasteiger partial charge is 0.494 e. The third kappa shape index (κ3) is 10.6. The first-order chi connectivity index (χ1) is 13.7. The maximum absolute atomic E-state index is 11.6. The Morgan fingerprint density at radius 2 is 1.17 bits per heavy atom. The highest BCUT2D eigenvalue weighted by molar-refractivity contribution is 7.85. The SMILES string of the molecule is O=C(O)CCCCCCCCCCCCCCC(n1c(O)ccc1O)S(=O)(=O)O. The van der Waals surface area contributed by atoms with Gasteiger partial charge in [0.05, 0.1) is 0 Å². The quantitative estimate of drug-likeness (QED) is 0.204. The molecule has 0 saturated carbocycles. The summed E-state index contributed by atoms with van der Waals surface area (Å²) in [7, 11) is -4.44. The molecule has 1 aromatic heterocycles. The van der Waals surface area contributed by atoms with Gasteiger partial charge < -0.3 is 15.3 Å². The Kier molecular flexibility index (Phi) is 11.8. The first kappa shape index (κ1) is 25.3. The van der Waals surface area contributed by atoms with Crippen molar-refractivity contribution >= 4 is 16.1 Å². The molecule has 0 fully saturated rings. The normalized spacial score (nSPS) is 12.9. The van der Waals surface area contributed by atoms with E-state index in [4.69, 9.17) is 5.11 Å². The van der Waals surface area contributed by atoms with E-state index in [0.717, 1.165) is 62.4 Å². The Bertz CT molecular complexity index is 680. The van der Waals surface area contributed by atoms with Crippen LogP contribution >= 0.6 is 0 Å². The van der Waals surface area contributed by atoms with Crippen molar-refractivity contribution in [1.29, 1.82) is 0 Å². The number of carboxylic acid groups (broad SMARTS) is 1. The Morgan fingerprint density at radius 1 is 0.793 bits per heavy atom. The molecule has 4 N–H and O–H groups in total. The lowest BCUT2D eigenvalue weighted by Gasteiger charge is -2.17. The van der Waals surface area contributed by atoms with Gasteiger partial charge in [0.15, 0.2) is 17.1 Å². The van der Waals surface area contributed by atoms with Crippen LogP contribution in [0.4, 0.5) is 0 Å². The molecule has 168 valence electrons. The average Bonchev–Trinajstić information content (AvgIpc) is 2.95. The van der Waals surface area contributed by atoms with E-state index >= 15 is 0 Å². The van der Waals surface area contributed by atoms with Gasteiger partial charge in [-0.1, -0.05) is 70.6 Å². The molecule has 1 unspecified atom stereocenters. The van der Waals surface area contributed by atoms with Crippen molar-refractivity contribution in [2.45, 2.75) is 95.3 Å². The summed E-state index contributed by atoms with van der Waals surface area (Å²) in [6.07, 6.45) is 12.4. The fourth-order valence-electron chi connectivity index (χ4n) is 3.50. The van der Waals surface area contributed by atoms with Crippen molar-refractivity contribution < 1.29 is 33.1 Å². The monoisotopic (exact) mass is 433 g/mol. The van der Waals surface area contributed by atoms with E-state index in [1.54, 1.807) is 0 Å². The molecule has 0 bridgehead atoms. The lowest BCUT2D eigenvalue weighted by atomic mass is 10.0. The number of aliphatic carboxylic acids is 1. The smallest absolute Gasteiger partial charge is 0.303 e. The number of rotatable bonds is 17. The number of nitrogens with zero attached hydrogens (tertiary/aromatic N) is 1. The van der Waals surface area contributed by atoms with Gasteiger partial charge in [0.25, 0.3) is 10.1 Å². The van der Waals surface area contributed by atoms with Gasteiger partial charge in [0.2, 0.25) is 0 Å². The van der Waals surface area contributed by atoms with E-state index in [-0.39, 0.29) is 12.8 Å². The molecular weight excluding hydrogens is 398 g/mol. The number of unbranched alkanes of at least 4 members (excludes halogenated alkanes) is 11. The van der Waals surface area contributed by atoms with Gasteiger partial charge in [-0.15, -0.1) is 0 Å². The molecule has 0 aliphatic rings. The minimum Gasteiger partial charge on any atom is -0.494 e. The number of aromatic hydroxyl groups is 2. The van der Waals surface area contributed by atoms with Crippen LogP contribution in [0.15, 0.2) is 12.1 Å². The highest BCUT2D eigenvalue weighted by atomic mass is 32.2. The zero-order chi connectivity index (χ0) is 21.7. The third-order valence-electron chi connectivity index (χ3n) is 5.10. The molecule has 1 atom stereocenters. The topological polar surface area (TPSA) is 137 Å². The number of hydrogen-bond acceptors (Lipinski definition) is 5. The summed E-state index contributed by atoms with van der Waals surface area (Å²) < 4.78 is 33.4. The van der Waals surface area contributed by atoms with E-state index in [1.807, 2.05) is 0 Å². The van der Waals surface area contributed by atoms with Gasteiger partial charge in [-0.3, -0.25) is 13.9 Å². The van der Waals surface area contributed by atoms with Gasteiger partial charge in [-0.05, 0) is 12.8 Å². The predicted octanol–water partition coefficient (Wildman–Crippen LogP) is 4.83. The van der Waals surface area contributed by atoms with E-state index in [0.29, 0.717) is 6.42 Å². The van der Waals surface area contributed by atoms with Crippen LogP contribution in [-0.2, 0) is 14.9 Å². The van der Waals surface area contributed by atoms with Crippen LogP contribution in [0.2, 0.25) is 0 Å².